The van der Waals surface area contributed by atoms with Crippen molar-refractivity contribution in [3.63, 3.8) is 0 Å². The Kier molecular flexibility index (Phi) is 5.40. The van der Waals surface area contributed by atoms with Gasteiger partial charge in [-0.05, 0) is 30.5 Å². The molecule has 2 heterocycles. The molecule has 0 saturated carbocycles. The van der Waals surface area contributed by atoms with E-state index in [1.807, 2.05) is 30.3 Å². The van der Waals surface area contributed by atoms with Crippen LogP contribution in [0.5, 0.6) is 0 Å². The highest BCUT2D eigenvalue weighted by molar-refractivity contribution is 5.95. The lowest BCUT2D eigenvalue weighted by Crippen LogP contribution is -2.41. The first kappa shape index (κ1) is 17.1. The summed E-state index contributed by atoms with van der Waals surface area (Å²) < 4.78 is 5.92. The van der Waals surface area contributed by atoms with Gasteiger partial charge in [0.1, 0.15) is 5.69 Å². The van der Waals surface area contributed by atoms with Crippen molar-refractivity contribution in [1.29, 1.82) is 0 Å². The molecule has 6 nitrogen and oxygen atoms in total. The van der Waals surface area contributed by atoms with Crippen molar-refractivity contribution in [2.45, 2.75) is 25.6 Å². The second-order valence-corrected chi connectivity index (χ2v) is 6.02. The van der Waals surface area contributed by atoms with E-state index in [0.717, 1.165) is 18.4 Å². The van der Waals surface area contributed by atoms with Crippen molar-refractivity contribution in [2.75, 3.05) is 13.1 Å². The summed E-state index contributed by atoms with van der Waals surface area (Å²) in [4.78, 5) is 29.2. The highest BCUT2D eigenvalue weighted by Crippen LogP contribution is 2.17. The molecular weight excluding hydrogens is 320 g/mol. The molecule has 0 aliphatic carbocycles. The van der Waals surface area contributed by atoms with Crippen LogP contribution in [0, 0.1) is 0 Å². The maximum atomic E-state index is 12.5. The summed E-state index contributed by atoms with van der Waals surface area (Å²) in [5.74, 6) is -1.30. The number of carboxylic acids is 1. The number of pyridine rings is 1. The number of carbonyl (C=O) groups is 2. The summed E-state index contributed by atoms with van der Waals surface area (Å²) >= 11 is 0. The largest absolute Gasteiger partial charge is 0.478 e. The molecule has 1 saturated heterocycles. The lowest BCUT2D eigenvalue weighted by Gasteiger charge is -2.31. The molecule has 1 amide bonds. The minimum Gasteiger partial charge on any atom is -0.478 e. The Morgan fingerprint density at radius 1 is 1.16 bits per heavy atom. The van der Waals surface area contributed by atoms with Gasteiger partial charge in [-0.3, -0.25) is 9.78 Å². The molecule has 1 aliphatic heterocycles. The molecule has 0 radical (unpaired) electrons. The highest BCUT2D eigenvalue weighted by Gasteiger charge is 2.25. The summed E-state index contributed by atoms with van der Waals surface area (Å²) in [6.45, 7) is 1.73. The summed E-state index contributed by atoms with van der Waals surface area (Å²) in [7, 11) is 0. The van der Waals surface area contributed by atoms with Gasteiger partial charge in [0.25, 0.3) is 5.91 Å². The Balaban J connectivity index is 1.52. The molecule has 1 aromatic carbocycles. The zero-order chi connectivity index (χ0) is 17.6. The molecule has 3 rings (SSSR count). The lowest BCUT2D eigenvalue weighted by molar-refractivity contribution is -0.000509. The number of rotatable bonds is 5. The van der Waals surface area contributed by atoms with Gasteiger partial charge in [0.05, 0.1) is 18.3 Å². The van der Waals surface area contributed by atoms with E-state index in [0.29, 0.717) is 19.7 Å². The van der Waals surface area contributed by atoms with Crippen LogP contribution in [0.2, 0.25) is 0 Å². The van der Waals surface area contributed by atoms with Crippen LogP contribution in [0.4, 0.5) is 0 Å². The molecule has 0 spiro atoms. The van der Waals surface area contributed by atoms with Gasteiger partial charge in [0.15, 0.2) is 0 Å². The van der Waals surface area contributed by atoms with Crippen LogP contribution in [0.1, 0.15) is 39.3 Å². The molecule has 6 heteroatoms. The summed E-state index contributed by atoms with van der Waals surface area (Å²) in [5.41, 5.74) is 1.37. The molecule has 1 aromatic heterocycles. The SMILES string of the molecule is O=C(O)c1ccnc(C(=O)N2CCC(OCc3ccccc3)CC2)c1. The zero-order valence-electron chi connectivity index (χ0n) is 13.8. The fraction of sp³-hybridized carbons (Fsp3) is 0.316. The van der Waals surface area contributed by atoms with Crippen LogP contribution in [0.25, 0.3) is 0 Å². The number of piperidine rings is 1. The normalized spacial score (nSPS) is 15.1. The molecular formula is C19H20N2O4. The van der Waals surface area contributed by atoms with E-state index in [1.54, 1.807) is 4.90 Å². The lowest BCUT2D eigenvalue weighted by atomic mass is 10.1. The van der Waals surface area contributed by atoms with Crippen molar-refractivity contribution in [2.24, 2.45) is 0 Å². The van der Waals surface area contributed by atoms with Gasteiger partial charge in [0.2, 0.25) is 0 Å². The van der Waals surface area contributed by atoms with E-state index in [2.05, 4.69) is 4.98 Å². The first-order valence-electron chi connectivity index (χ1n) is 8.27. The van der Waals surface area contributed by atoms with Crippen LogP contribution < -0.4 is 0 Å². The minimum atomic E-state index is -1.07. The number of amides is 1. The average Bonchev–Trinajstić information content (AvgIpc) is 2.67. The smallest absolute Gasteiger partial charge is 0.335 e. The van der Waals surface area contributed by atoms with Crippen LogP contribution in [0.15, 0.2) is 48.7 Å². The maximum Gasteiger partial charge on any atom is 0.335 e. The molecule has 130 valence electrons. The second-order valence-electron chi connectivity index (χ2n) is 6.02. The van der Waals surface area contributed by atoms with E-state index in [9.17, 15) is 9.59 Å². The van der Waals surface area contributed by atoms with Gasteiger partial charge in [0, 0.05) is 19.3 Å². The second kappa shape index (κ2) is 7.90. The highest BCUT2D eigenvalue weighted by atomic mass is 16.5. The standard InChI is InChI=1S/C19H20N2O4/c22-18(17-12-15(19(23)24)6-9-20-17)21-10-7-16(8-11-21)25-13-14-4-2-1-3-5-14/h1-6,9,12,16H,7-8,10-11,13H2,(H,23,24). The zero-order valence-corrected chi connectivity index (χ0v) is 13.8. The Labute approximate surface area is 146 Å². The predicted molar refractivity (Wildman–Crippen MR) is 91.4 cm³/mol. The number of carboxylic acid groups (broad SMARTS) is 1. The fourth-order valence-electron chi connectivity index (χ4n) is 2.86. The molecule has 0 bridgehead atoms. The number of carbonyl (C=O) groups excluding carboxylic acids is 1. The van der Waals surface area contributed by atoms with Gasteiger partial charge in [-0.25, -0.2) is 4.79 Å². The van der Waals surface area contributed by atoms with Crippen LogP contribution >= 0.6 is 0 Å². The number of hydrogen-bond donors (Lipinski definition) is 1. The summed E-state index contributed by atoms with van der Waals surface area (Å²) in [5, 5.41) is 9.02. The third kappa shape index (κ3) is 4.42. The summed E-state index contributed by atoms with van der Waals surface area (Å²) in [6, 6.07) is 12.7. The van der Waals surface area contributed by atoms with Crippen molar-refractivity contribution in [3.8, 4) is 0 Å². The number of benzene rings is 1. The number of aromatic nitrogens is 1. The van der Waals surface area contributed by atoms with Gasteiger partial charge >= 0.3 is 5.97 Å². The van der Waals surface area contributed by atoms with Crippen LogP contribution in [-0.4, -0.2) is 46.1 Å². The van der Waals surface area contributed by atoms with E-state index < -0.39 is 5.97 Å². The van der Waals surface area contributed by atoms with Crippen LogP contribution in [0.3, 0.4) is 0 Å². The molecule has 25 heavy (non-hydrogen) atoms. The third-order valence-corrected chi connectivity index (χ3v) is 4.28. The molecule has 1 aliphatic rings. The molecule has 0 unspecified atom stereocenters. The van der Waals surface area contributed by atoms with Crippen molar-refractivity contribution < 1.29 is 19.4 Å². The van der Waals surface area contributed by atoms with E-state index in [-0.39, 0.29) is 23.3 Å². The topological polar surface area (TPSA) is 79.7 Å². The van der Waals surface area contributed by atoms with Gasteiger partial charge < -0.3 is 14.7 Å². The number of ether oxygens (including phenoxy) is 1. The molecule has 0 atom stereocenters. The Hall–Kier alpha value is -2.73. The first-order valence-corrected chi connectivity index (χ1v) is 8.27. The van der Waals surface area contributed by atoms with E-state index in [1.165, 1.54) is 18.3 Å². The monoisotopic (exact) mass is 340 g/mol. The Bertz CT molecular complexity index is 740. The van der Waals surface area contributed by atoms with E-state index >= 15 is 0 Å². The fourth-order valence-corrected chi connectivity index (χ4v) is 2.86. The van der Waals surface area contributed by atoms with E-state index in [4.69, 9.17) is 9.84 Å². The number of aromatic carboxylic acids is 1. The van der Waals surface area contributed by atoms with Gasteiger partial charge in [-0.1, -0.05) is 30.3 Å². The summed E-state index contributed by atoms with van der Waals surface area (Å²) in [6.07, 6.45) is 3.00. The maximum absolute atomic E-state index is 12.5. The first-order chi connectivity index (χ1) is 12.1. The van der Waals surface area contributed by atoms with Gasteiger partial charge in [-0.15, -0.1) is 0 Å². The molecule has 2 aromatic rings. The molecule has 1 N–H and O–H groups in total. The minimum absolute atomic E-state index is 0.0689. The number of likely N-dealkylation sites (tertiary alicyclic amines) is 1. The van der Waals surface area contributed by atoms with Crippen molar-refractivity contribution in [1.82, 2.24) is 9.88 Å². The average molecular weight is 340 g/mol. The van der Waals surface area contributed by atoms with Gasteiger partial charge in [-0.2, -0.15) is 0 Å². The Morgan fingerprint density at radius 2 is 1.88 bits per heavy atom. The Morgan fingerprint density at radius 3 is 2.56 bits per heavy atom. The molecule has 1 fully saturated rings. The predicted octanol–water partition coefficient (Wildman–Crippen LogP) is 2.60. The quantitative estimate of drug-likeness (QED) is 0.905. The van der Waals surface area contributed by atoms with Crippen molar-refractivity contribution in [3.05, 3.63) is 65.5 Å². The number of hydrogen-bond acceptors (Lipinski definition) is 4. The number of nitrogens with zero attached hydrogens (tertiary/aromatic N) is 2. The van der Waals surface area contributed by atoms with Crippen LogP contribution in [-0.2, 0) is 11.3 Å². The third-order valence-electron chi connectivity index (χ3n) is 4.28. The van der Waals surface area contributed by atoms with Crippen molar-refractivity contribution >= 4 is 11.9 Å².